The first-order chi connectivity index (χ1) is 6.41. The van der Waals surface area contributed by atoms with Crippen molar-refractivity contribution in [2.24, 2.45) is 11.5 Å². The summed E-state index contributed by atoms with van der Waals surface area (Å²) in [4.78, 5) is 0. The first-order valence-electron chi connectivity index (χ1n) is 4.97. The Morgan fingerprint density at radius 3 is 1.38 bits per heavy atom. The van der Waals surface area contributed by atoms with E-state index >= 15 is 0 Å². The maximum Gasteiger partial charge on any atom is -0.00555 e. The molecular formula is C9H22N2S2. The summed E-state index contributed by atoms with van der Waals surface area (Å²) in [5, 5.41) is 0. The summed E-state index contributed by atoms with van der Waals surface area (Å²) in [6, 6.07) is 0. The molecule has 0 saturated carbocycles. The molecule has 0 amide bonds. The van der Waals surface area contributed by atoms with Gasteiger partial charge in [0.1, 0.15) is 0 Å². The third kappa shape index (κ3) is 12.6. The van der Waals surface area contributed by atoms with E-state index < -0.39 is 0 Å². The van der Waals surface area contributed by atoms with Crippen molar-refractivity contribution in [1.82, 2.24) is 0 Å². The van der Waals surface area contributed by atoms with Crippen LogP contribution in [0.3, 0.4) is 0 Å². The highest BCUT2D eigenvalue weighted by atomic mass is 32.2. The predicted molar refractivity (Wildman–Crippen MR) is 66.6 cm³/mol. The Morgan fingerprint density at radius 2 is 1.00 bits per heavy atom. The molecule has 0 heterocycles. The van der Waals surface area contributed by atoms with Crippen LogP contribution in [0.1, 0.15) is 19.3 Å². The number of hydrogen-bond donors (Lipinski definition) is 2. The molecule has 0 spiro atoms. The van der Waals surface area contributed by atoms with Crippen LogP contribution >= 0.6 is 23.5 Å². The second kappa shape index (κ2) is 12.6. The quantitative estimate of drug-likeness (QED) is 0.551. The summed E-state index contributed by atoms with van der Waals surface area (Å²) in [5.41, 5.74) is 10.8. The molecule has 0 saturated heterocycles. The molecule has 0 fully saturated rings. The molecule has 0 radical (unpaired) electrons. The number of hydrogen-bond acceptors (Lipinski definition) is 4. The minimum Gasteiger partial charge on any atom is -0.330 e. The molecule has 13 heavy (non-hydrogen) atoms. The van der Waals surface area contributed by atoms with Gasteiger partial charge in [-0.2, -0.15) is 23.5 Å². The molecule has 0 rings (SSSR count). The van der Waals surface area contributed by atoms with Crippen LogP contribution in [0.4, 0.5) is 0 Å². The van der Waals surface area contributed by atoms with E-state index in [1.54, 1.807) is 0 Å². The maximum absolute atomic E-state index is 5.39. The Kier molecular flexibility index (Phi) is 13.2. The Labute approximate surface area is 90.6 Å². The van der Waals surface area contributed by atoms with E-state index in [1.165, 1.54) is 29.4 Å². The number of rotatable bonds is 10. The molecule has 0 aliphatic heterocycles. The van der Waals surface area contributed by atoms with E-state index in [4.69, 9.17) is 11.5 Å². The molecule has 0 atom stereocenters. The molecular weight excluding hydrogens is 200 g/mol. The average molecular weight is 222 g/mol. The fourth-order valence-corrected chi connectivity index (χ4v) is 2.87. The van der Waals surface area contributed by atoms with Crippen LogP contribution in [0.2, 0.25) is 0 Å². The zero-order valence-corrected chi connectivity index (χ0v) is 9.97. The molecule has 0 aromatic rings. The molecule has 0 aliphatic rings. The van der Waals surface area contributed by atoms with Gasteiger partial charge in [-0.25, -0.2) is 0 Å². The largest absolute Gasteiger partial charge is 0.330 e. The first kappa shape index (κ1) is 13.6. The highest BCUT2D eigenvalue weighted by molar-refractivity contribution is 8.00. The molecule has 0 aromatic carbocycles. The lowest BCUT2D eigenvalue weighted by Crippen LogP contribution is -2.00. The van der Waals surface area contributed by atoms with Crippen molar-refractivity contribution in [3.8, 4) is 0 Å². The van der Waals surface area contributed by atoms with Gasteiger partial charge in [0.2, 0.25) is 0 Å². The van der Waals surface area contributed by atoms with E-state index in [0.29, 0.717) is 0 Å². The summed E-state index contributed by atoms with van der Waals surface area (Å²) in [5.74, 6) is 5.03. The van der Waals surface area contributed by atoms with Gasteiger partial charge in [0.25, 0.3) is 0 Å². The molecule has 4 N–H and O–H groups in total. The van der Waals surface area contributed by atoms with Crippen LogP contribution in [0.25, 0.3) is 0 Å². The molecule has 0 unspecified atom stereocenters. The summed E-state index contributed by atoms with van der Waals surface area (Å²) < 4.78 is 0. The summed E-state index contributed by atoms with van der Waals surface area (Å²) >= 11 is 4.05. The van der Waals surface area contributed by atoms with Crippen LogP contribution in [0, 0.1) is 0 Å². The van der Waals surface area contributed by atoms with Crippen LogP contribution in [0.5, 0.6) is 0 Å². The monoisotopic (exact) mass is 222 g/mol. The third-order valence-electron chi connectivity index (χ3n) is 1.56. The zero-order chi connectivity index (χ0) is 9.78. The van der Waals surface area contributed by atoms with Crippen molar-refractivity contribution >= 4 is 23.5 Å². The summed E-state index contributed by atoms with van der Waals surface area (Å²) in [7, 11) is 0. The van der Waals surface area contributed by atoms with E-state index in [9.17, 15) is 0 Å². The van der Waals surface area contributed by atoms with Gasteiger partial charge in [-0.1, -0.05) is 0 Å². The lowest BCUT2D eigenvalue weighted by molar-refractivity contribution is 0.938. The van der Waals surface area contributed by atoms with Gasteiger partial charge in [0.05, 0.1) is 0 Å². The maximum atomic E-state index is 5.39. The smallest absolute Gasteiger partial charge is 0.00555 e. The Bertz CT molecular complexity index is 81.7. The molecule has 0 bridgehead atoms. The lowest BCUT2D eigenvalue weighted by atomic mass is 10.5. The molecule has 80 valence electrons. The van der Waals surface area contributed by atoms with Gasteiger partial charge in [-0.05, 0) is 55.4 Å². The molecule has 4 heteroatoms. The third-order valence-corrected chi connectivity index (χ3v) is 3.87. The Balaban J connectivity index is 2.76. The van der Waals surface area contributed by atoms with Crippen molar-refractivity contribution < 1.29 is 0 Å². The Morgan fingerprint density at radius 1 is 0.615 bits per heavy atom. The SMILES string of the molecule is NCCCSCCCSCCCN. The van der Waals surface area contributed by atoms with Crippen molar-refractivity contribution in [2.45, 2.75) is 19.3 Å². The Hall–Kier alpha value is 0.620. The molecule has 0 aliphatic carbocycles. The molecule has 2 nitrogen and oxygen atoms in total. The van der Waals surface area contributed by atoms with E-state index in [1.807, 2.05) is 23.5 Å². The van der Waals surface area contributed by atoms with E-state index in [2.05, 4.69) is 0 Å². The highest BCUT2D eigenvalue weighted by Crippen LogP contribution is 2.09. The number of thioether (sulfide) groups is 2. The van der Waals surface area contributed by atoms with Crippen LogP contribution < -0.4 is 11.5 Å². The molecule has 0 aromatic heterocycles. The van der Waals surface area contributed by atoms with Gasteiger partial charge >= 0.3 is 0 Å². The second-order valence-electron chi connectivity index (χ2n) is 2.86. The van der Waals surface area contributed by atoms with Gasteiger partial charge in [0.15, 0.2) is 0 Å². The normalized spacial score (nSPS) is 10.6. The van der Waals surface area contributed by atoms with Gasteiger partial charge in [0, 0.05) is 0 Å². The zero-order valence-electron chi connectivity index (χ0n) is 8.34. The summed E-state index contributed by atoms with van der Waals surface area (Å²) in [6.45, 7) is 1.66. The van der Waals surface area contributed by atoms with Crippen molar-refractivity contribution in [3.63, 3.8) is 0 Å². The van der Waals surface area contributed by atoms with Gasteiger partial charge in [-0.3, -0.25) is 0 Å². The standard InChI is InChI=1S/C9H22N2S2/c10-4-1-6-12-8-3-9-13-7-2-5-11/h1-11H2. The average Bonchev–Trinajstić information content (AvgIpc) is 2.16. The first-order valence-corrected chi connectivity index (χ1v) is 7.28. The minimum atomic E-state index is 0.832. The van der Waals surface area contributed by atoms with E-state index in [0.717, 1.165) is 25.9 Å². The van der Waals surface area contributed by atoms with E-state index in [-0.39, 0.29) is 0 Å². The highest BCUT2D eigenvalue weighted by Gasteiger charge is 1.91. The van der Waals surface area contributed by atoms with Crippen molar-refractivity contribution in [1.29, 1.82) is 0 Å². The minimum absolute atomic E-state index is 0.832. The second-order valence-corrected chi connectivity index (χ2v) is 5.31. The van der Waals surface area contributed by atoms with Crippen molar-refractivity contribution in [3.05, 3.63) is 0 Å². The van der Waals surface area contributed by atoms with Crippen molar-refractivity contribution in [2.75, 3.05) is 36.1 Å². The summed E-state index contributed by atoms with van der Waals surface area (Å²) in [6.07, 6.45) is 3.64. The topological polar surface area (TPSA) is 52.0 Å². The lowest BCUT2D eigenvalue weighted by Gasteiger charge is -2.00. The van der Waals surface area contributed by atoms with Crippen LogP contribution in [-0.2, 0) is 0 Å². The fourth-order valence-electron chi connectivity index (χ4n) is 0.838. The van der Waals surface area contributed by atoms with Crippen LogP contribution in [-0.4, -0.2) is 36.1 Å². The fraction of sp³-hybridized carbons (Fsp3) is 1.00. The van der Waals surface area contributed by atoms with Gasteiger partial charge < -0.3 is 11.5 Å². The van der Waals surface area contributed by atoms with Crippen LogP contribution in [0.15, 0.2) is 0 Å². The number of nitrogens with two attached hydrogens (primary N) is 2. The van der Waals surface area contributed by atoms with Gasteiger partial charge in [-0.15, -0.1) is 0 Å². The predicted octanol–water partition coefficient (Wildman–Crippen LogP) is 1.54.